The first-order valence-corrected chi connectivity index (χ1v) is 15.8. The molecule has 40 heavy (non-hydrogen) atoms. The van der Waals surface area contributed by atoms with Crippen LogP contribution in [-0.2, 0) is 25.7 Å². The lowest BCUT2D eigenvalue weighted by atomic mass is 9.87. The Hall–Kier alpha value is -3.22. The van der Waals surface area contributed by atoms with Crippen molar-refractivity contribution < 1.29 is 23.9 Å². The third-order valence-electron chi connectivity index (χ3n) is 7.54. The summed E-state index contributed by atoms with van der Waals surface area (Å²) in [6, 6.07) is 10.1. The molecule has 9 nitrogen and oxygen atoms in total. The van der Waals surface area contributed by atoms with E-state index in [-0.39, 0.29) is 35.7 Å². The summed E-state index contributed by atoms with van der Waals surface area (Å²) in [5.74, 6) is -2.45. The second-order valence-corrected chi connectivity index (χ2v) is 13.0. The van der Waals surface area contributed by atoms with E-state index in [0.717, 1.165) is 40.4 Å². The average Bonchev–Trinajstić information content (AvgIpc) is 3.66. The summed E-state index contributed by atoms with van der Waals surface area (Å²) in [6.45, 7) is 3.26. The van der Waals surface area contributed by atoms with E-state index >= 15 is 0 Å². The first kappa shape index (κ1) is 27.0. The summed E-state index contributed by atoms with van der Waals surface area (Å²) in [4.78, 5) is 70.5. The maximum Gasteiger partial charge on any atom is 0.338 e. The molecule has 0 spiro atoms. The largest absolute Gasteiger partial charge is 0.462 e. The van der Waals surface area contributed by atoms with Crippen molar-refractivity contribution in [3.05, 3.63) is 66.8 Å². The number of carbonyl (C=O) groups excluding carboxylic acids is 4. The lowest BCUT2D eigenvalue weighted by Gasteiger charge is -2.30. The molecule has 3 aliphatic heterocycles. The highest BCUT2D eigenvalue weighted by atomic mass is 32.2. The molecule has 2 unspecified atom stereocenters. The van der Waals surface area contributed by atoms with Gasteiger partial charge in [0.05, 0.1) is 28.8 Å². The number of amides is 3. The number of piperidine rings is 1. The fourth-order valence-electron chi connectivity index (χ4n) is 5.62. The Kier molecular flexibility index (Phi) is 7.41. The van der Waals surface area contributed by atoms with E-state index in [1.807, 2.05) is 17.5 Å². The Bertz CT molecular complexity index is 1520. The predicted octanol–water partition coefficient (Wildman–Crippen LogP) is 3.96. The van der Waals surface area contributed by atoms with Crippen molar-refractivity contribution in [3.8, 4) is 0 Å². The molecule has 208 valence electrons. The lowest BCUT2D eigenvalue weighted by Crippen LogP contribution is -2.39. The minimum absolute atomic E-state index is 0.0760. The van der Waals surface area contributed by atoms with Crippen LogP contribution in [0.2, 0.25) is 0 Å². The summed E-state index contributed by atoms with van der Waals surface area (Å²) in [5, 5.41) is 1.77. The topological polar surface area (TPSA) is 106 Å². The van der Waals surface area contributed by atoms with Crippen LogP contribution in [0.3, 0.4) is 0 Å². The lowest BCUT2D eigenvalue weighted by molar-refractivity contribution is -0.133. The molecule has 0 saturated carbocycles. The molecule has 3 atom stereocenters. The van der Waals surface area contributed by atoms with Gasteiger partial charge in [-0.15, -0.1) is 11.3 Å². The molecular weight excluding hydrogens is 571 g/mol. The molecule has 12 heteroatoms. The average molecular weight is 598 g/mol. The van der Waals surface area contributed by atoms with Crippen LogP contribution in [-0.4, -0.2) is 58.1 Å². The van der Waals surface area contributed by atoms with Gasteiger partial charge < -0.3 is 9.64 Å². The van der Waals surface area contributed by atoms with Crippen LogP contribution < -0.4 is 9.77 Å². The molecule has 0 bridgehead atoms. The maximum atomic E-state index is 13.9. The van der Waals surface area contributed by atoms with E-state index in [1.165, 1.54) is 32.6 Å². The Morgan fingerprint density at radius 1 is 1.00 bits per heavy atom. The van der Waals surface area contributed by atoms with E-state index in [4.69, 9.17) is 4.74 Å². The SMILES string of the molecule is CCOC(=O)c1ccc(N2C(=O)C3Sc4c(sc(=O)n4CC(=O)N4CCCCC4)[C@@H](c4cccs4)C3C2=O)cc1. The molecule has 2 fully saturated rings. The molecule has 0 aliphatic carbocycles. The number of ether oxygens (including phenoxy) is 1. The van der Waals surface area contributed by atoms with E-state index in [0.29, 0.717) is 29.4 Å². The van der Waals surface area contributed by atoms with E-state index in [9.17, 15) is 24.0 Å². The molecule has 5 heterocycles. The van der Waals surface area contributed by atoms with Crippen molar-refractivity contribution >= 4 is 63.8 Å². The van der Waals surface area contributed by atoms with Gasteiger partial charge in [-0.1, -0.05) is 29.2 Å². The van der Waals surface area contributed by atoms with Crippen molar-refractivity contribution in [2.75, 3.05) is 24.6 Å². The van der Waals surface area contributed by atoms with Gasteiger partial charge in [0.2, 0.25) is 17.7 Å². The third-order valence-corrected chi connectivity index (χ3v) is 11.1. The number of likely N-dealkylation sites (tertiary alicyclic amines) is 1. The van der Waals surface area contributed by atoms with Gasteiger partial charge in [0.15, 0.2) is 0 Å². The molecule has 3 aliphatic rings. The number of fused-ring (bicyclic) bond motifs is 2. The van der Waals surface area contributed by atoms with Crippen LogP contribution >= 0.6 is 34.4 Å². The van der Waals surface area contributed by atoms with Crippen molar-refractivity contribution in [3.63, 3.8) is 0 Å². The van der Waals surface area contributed by atoms with Gasteiger partial charge in [-0.25, -0.2) is 9.69 Å². The predicted molar refractivity (Wildman–Crippen MR) is 153 cm³/mol. The second kappa shape index (κ2) is 11.0. The van der Waals surface area contributed by atoms with E-state index in [1.54, 1.807) is 36.1 Å². The highest BCUT2D eigenvalue weighted by molar-refractivity contribution is 8.00. The number of rotatable bonds is 6. The number of hydrogen-bond donors (Lipinski definition) is 0. The van der Waals surface area contributed by atoms with Crippen LogP contribution in [0.25, 0.3) is 0 Å². The summed E-state index contributed by atoms with van der Waals surface area (Å²) >= 11 is 3.75. The summed E-state index contributed by atoms with van der Waals surface area (Å²) in [7, 11) is 0. The molecule has 3 aromatic rings. The number of thiophene rings is 1. The number of esters is 1. The second-order valence-electron chi connectivity index (χ2n) is 9.90. The number of carbonyl (C=O) groups is 4. The number of benzene rings is 1. The standard InChI is InChI=1S/C28H27N3O6S3/c1-2-37-27(35)16-8-10-17(11-9-16)31-24(33)21-20(18-7-6-14-38-18)23-26(39-22(21)25(31)34)30(28(36)40-23)15-19(32)29-12-4-3-5-13-29/h6-11,14,20-22H,2-5,12-13,15H2,1H3/t20-,21?,22?/m0/s1. The van der Waals surface area contributed by atoms with Crippen molar-refractivity contribution in [2.24, 2.45) is 5.92 Å². The quantitative estimate of drug-likeness (QED) is 0.313. The number of anilines is 1. The molecule has 1 aromatic carbocycles. The van der Waals surface area contributed by atoms with Gasteiger partial charge in [0.25, 0.3) is 0 Å². The van der Waals surface area contributed by atoms with Gasteiger partial charge in [0, 0.05) is 28.8 Å². The van der Waals surface area contributed by atoms with Crippen LogP contribution in [0.1, 0.15) is 52.2 Å². The smallest absolute Gasteiger partial charge is 0.338 e. The van der Waals surface area contributed by atoms with Crippen molar-refractivity contribution in [1.82, 2.24) is 9.47 Å². The first-order chi connectivity index (χ1) is 19.4. The molecule has 0 radical (unpaired) electrons. The number of hydrogen-bond acceptors (Lipinski definition) is 9. The summed E-state index contributed by atoms with van der Waals surface area (Å²) < 4.78 is 6.53. The Labute approximate surface area is 242 Å². The Balaban J connectivity index is 1.36. The van der Waals surface area contributed by atoms with E-state index < -0.39 is 23.1 Å². The third kappa shape index (κ3) is 4.61. The van der Waals surface area contributed by atoms with Gasteiger partial charge in [0.1, 0.15) is 11.8 Å². The minimum Gasteiger partial charge on any atom is -0.462 e. The summed E-state index contributed by atoms with van der Waals surface area (Å²) in [5.41, 5.74) is 0.710. The Morgan fingerprint density at radius 3 is 2.42 bits per heavy atom. The fraction of sp³-hybridized carbons (Fsp3) is 0.393. The summed E-state index contributed by atoms with van der Waals surface area (Å²) in [6.07, 6.45) is 3.00. The number of imide groups is 1. The van der Waals surface area contributed by atoms with Crippen LogP contribution in [0.4, 0.5) is 5.69 Å². The normalized spacial score (nSPS) is 22.3. The van der Waals surface area contributed by atoms with E-state index in [2.05, 4.69) is 0 Å². The number of nitrogens with zero attached hydrogens (tertiary/aromatic N) is 3. The minimum atomic E-state index is -0.748. The van der Waals surface area contributed by atoms with Gasteiger partial charge in [-0.3, -0.25) is 23.7 Å². The highest BCUT2D eigenvalue weighted by Gasteiger charge is 2.57. The molecule has 0 N–H and O–H groups in total. The zero-order valence-corrected chi connectivity index (χ0v) is 24.2. The molecule has 2 aromatic heterocycles. The number of aromatic nitrogens is 1. The monoisotopic (exact) mass is 597 g/mol. The molecular formula is C28H27N3O6S3. The van der Waals surface area contributed by atoms with Gasteiger partial charge in [-0.2, -0.15) is 0 Å². The van der Waals surface area contributed by atoms with Crippen LogP contribution in [0, 0.1) is 5.92 Å². The Morgan fingerprint density at radius 2 is 1.75 bits per heavy atom. The van der Waals surface area contributed by atoms with Gasteiger partial charge >= 0.3 is 10.8 Å². The molecule has 2 saturated heterocycles. The maximum absolute atomic E-state index is 13.9. The highest BCUT2D eigenvalue weighted by Crippen LogP contribution is 2.54. The zero-order valence-electron chi connectivity index (χ0n) is 21.7. The number of thiazole rings is 1. The van der Waals surface area contributed by atoms with Crippen LogP contribution in [0.5, 0.6) is 0 Å². The molecule has 6 rings (SSSR count). The number of thioether (sulfide) groups is 1. The fourth-order valence-corrected chi connectivity index (χ4v) is 9.35. The zero-order chi connectivity index (χ0) is 28.0. The van der Waals surface area contributed by atoms with Gasteiger partial charge in [-0.05, 0) is 61.9 Å². The van der Waals surface area contributed by atoms with Crippen molar-refractivity contribution in [2.45, 2.75) is 48.9 Å². The van der Waals surface area contributed by atoms with Crippen molar-refractivity contribution in [1.29, 1.82) is 0 Å². The first-order valence-electron chi connectivity index (χ1n) is 13.3. The van der Waals surface area contributed by atoms with Crippen LogP contribution in [0.15, 0.2) is 51.6 Å². The molecule has 3 amide bonds.